The Bertz CT molecular complexity index is 379. The second-order valence-electron chi connectivity index (χ2n) is 4.56. The van der Waals surface area contributed by atoms with Crippen LogP contribution < -0.4 is 0 Å². The van der Waals surface area contributed by atoms with Gasteiger partial charge in [-0.05, 0) is 43.5 Å². The minimum absolute atomic E-state index is 0.235. The van der Waals surface area contributed by atoms with Gasteiger partial charge in [-0.1, -0.05) is 30.3 Å². The predicted molar refractivity (Wildman–Crippen MR) is 65.4 cm³/mol. The first-order chi connectivity index (χ1) is 7.63. The Labute approximate surface area is 101 Å². The number of carbonyl (C=O) groups is 1. The molecule has 1 aliphatic heterocycles. The largest absolute Gasteiger partial charge is 0.286 e. The van der Waals surface area contributed by atoms with Crippen LogP contribution in [-0.4, -0.2) is 22.2 Å². The molecule has 1 unspecified atom stereocenters. The Hall–Kier alpha value is -0.860. The van der Waals surface area contributed by atoms with E-state index >= 15 is 0 Å². The highest BCUT2D eigenvalue weighted by Gasteiger charge is 2.41. The predicted octanol–water partition coefficient (Wildman–Crippen LogP) is 2.81. The molecule has 1 saturated heterocycles. The van der Waals surface area contributed by atoms with E-state index in [4.69, 9.17) is 11.6 Å². The molecular weight excluding hydrogens is 222 g/mol. The van der Waals surface area contributed by atoms with E-state index in [1.165, 1.54) is 5.56 Å². The normalized spacial score (nSPS) is 25.9. The first-order valence-corrected chi connectivity index (χ1v) is 5.99. The minimum Gasteiger partial charge on any atom is -0.286 e. The molecule has 1 aromatic rings. The molecule has 0 aliphatic carbocycles. The Kier molecular flexibility index (Phi) is 3.31. The number of carbonyl (C=O) groups excluding carboxylic acids is 1. The highest BCUT2D eigenvalue weighted by atomic mass is 35.5. The van der Waals surface area contributed by atoms with Crippen LogP contribution in [0.25, 0.3) is 0 Å². The van der Waals surface area contributed by atoms with Crippen LogP contribution in [0.1, 0.15) is 25.3 Å². The summed E-state index contributed by atoms with van der Waals surface area (Å²) in [5.41, 5.74) is 0.755. The molecule has 0 bridgehead atoms. The van der Waals surface area contributed by atoms with Crippen molar-refractivity contribution in [1.82, 2.24) is 4.90 Å². The number of hydrogen-bond donors (Lipinski definition) is 0. The van der Waals surface area contributed by atoms with Crippen molar-refractivity contribution in [2.24, 2.45) is 0 Å². The van der Waals surface area contributed by atoms with E-state index in [0.717, 1.165) is 25.9 Å². The standard InChI is InChI=1S/C13H16ClNO/c1-13(12(14)16)8-5-9-15(13)10-11-6-3-2-4-7-11/h2-4,6-7H,5,8-10H2,1H3. The second kappa shape index (κ2) is 4.56. The Morgan fingerprint density at radius 1 is 1.44 bits per heavy atom. The third-order valence-electron chi connectivity index (χ3n) is 3.43. The van der Waals surface area contributed by atoms with Gasteiger partial charge in [0.05, 0.1) is 5.54 Å². The summed E-state index contributed by atoms with van der Waals surface area (Å²) in [5, 5.41) is -0.235. The third-order valence-corrected chi connectivity index (χ3v) is 3.84. The van der Waals surface area contributed by atoms with E-state index in [1.807, 2.05) is 25.1 Å². The Morgan fingerprint density at radius 3 is 2.75 bits per heavy atom. The maximum Gasteiger partial charge on any atom is 0.241 e. The number of rotatable bonds is 3. The van der Waals surface area contributed by atoms with Crippen molar-refractivity contribution < 1.29 is 4.79 Å². The lowest BCUT2D eigenvalue weighted by atomic mass is 10.0. The lowest BCUT2D eigenvalue weighted by molar-refractivity contribution is -0.120. The summed E-state index contributed by atoms with van der Waals surface area (Å²) in [6.45, 7) is 3.69. The van der Waals surface area contributed by atoms with Gasteiger partial charge in [0.1, 0.15) is 0 Å². The molecule has 1 aromatic carbocycles. The van der Waals surface area contributed by atoms with Gasteiger partial charge in [-0.25, -0.2) is 0 Å². The zero-order chi connectivity index (χ0) is 11.6. The zero-order valence-corrected chi connectivity index (χ0v) is 10.2. The number of nitrogens with zero attached hydrogens (tertiary/aromatic N) is 1. The van der Waals surface area contributed by atoms with E-state index in [2.05, 4.69) is 17.0 Å². The van der Waals surface area contributed by atoms with E-state index in [0.29, 0.717) is 0 Å². The smallest absolute Gasteiger partial charge is 0.241 e. The molecule has 0 radical (unpaired) electrons. The summed E-state index contributed by atoms with van der Waals surface area (Å²) in [4.78, 5) is 13.7. The van der Waals surface area contributed by atoms with Gasteiger partial charge in [0.25, 0.3) is 0 Å². The maximum atomic E-state index is 11.5. The van der Waals surface area contributed by atoms with E-state index < -0.39 is 5.54 Å². The van der Waals surface area contributed by atoms with Gasteiger partial charge in [0.2, 0.25) is 5.24 Å². The lowest BCUT2D eigenvalue weighted by Gasteiger charge is -2.31. The summed E-state index contributed by atoms with van der Waals surface area (Å²) >= 11 is 5.71. The molecule has 0 amide bonds. The highest BCUT2D eigenvalue weighted by molar-refractivity contribution is 6.65. The molecule has 0 saturated carbocycles. The van der Waals surface area contributed by atoms with Crippen LogP contribution >= 0.6 is 11.6 Å². The molecule has 1 atom stereocenters. The zero-order valence-electron chi connectivity index (χ0n) is 9.45. The third kappa shape index (κ3) is 2.13. The van der Waals surface area contributed by atoms with Gasteiger partial charge in [-0.15, -0.1) is 0 Å². The summed E-state index contributed by atoms with van der Waals surface area (Å²) in [6, 6.07) is 10.2. The fourth-order valence-electron chi connectivity index (χ4n) is 2.30. The number of halogens is 1. The van der Waals surface area contributed by atoms with Crippen molar-refractivity contribution in [2.45, 2.75) is 31.8 Å². The molecule has 2 nitrogen and oxygen atoms in total. The van der Waals surface area contributed by atoms with Crippen LogP contribution in [0.2, 0.25) is 0 Å². The lowest BCUT2D eigenvalue weighted by Crippen LogP contribution is -2.45. The molecule has 0 aromatic heterocycles. The molecular formula is C13H16ClNO. The van der Waals surface area contributed by atoms with Crippen LogP contribution in [0.4, 0.5) is 0 Å². The molecule has 1 heterocycles. The van der Waals surface area contributed by atoms with Crippen LogP contribution in [0.5, 0.6) is 0 Å². The molecule has 0 spiro atoms. The average Bonchev–Trinajstić information content (AvgIpc) is 2.63. The van der Waals surface area contributed by atoms with Gasteiger partial charge in [0, 0.05) is 6.54 Å². The van der Waals surface area contributed by atoms with Crippen LogP contribution in [0.3, 0.4) is 0 Å². The number of benzene rings is 1. The second-order valence-corrected chi connectivity index (χ2v) is 4.90. The van der Waals surface area contributed by atoms with Crippen molar-refractivity contribution in [3.63, 3.8) is 0 Å². The highest BCUT2D eigenvalue weighted by Crippen LogP contribution is 2.32. The van der Waals surface area contributed by atoms with Crippen molar-refractivity contribution in [2.75, 3.05) is 6.54 Å². The van der Waals surface area contributed by atoms with Gasteiger partial charge in [0.15, 0.2) is 0 Å². The number of likely N-dealkylation sites (tertiary alicyclic amines) is 1. The molecule has 16 heavy (non-hydrogen) atoms. The minimum atomic E-state index is -0.475. The topological polar surface area (TPSA) is 20.3 Å². The quantitative estimate of drug-likeness (QED) is 0.754. The van der Waals surface area contributed by atoms with Crippen molar-refractivity contribution >= 4 is 16.8 Å². The maximum absolute atomic E-state index is 11.5. The van der Waals surface area contributed by atoms with Crippen LogP contribution in [-0.2, 0) is 11.3 Å². The van der Waals surface area contributed by atoms with Crippen LogP contribution in [0, 0.1) is 0 Å². The van der Waals surface area contributed by atoms with E-state index in [9.17, 15) is 4.79 Å². The molecule has 3 heteroatoms. The van der Waals surface area contributed by atoms with Crippen LogP contribution in [0.15, 0.2) is 30.3 Å². The first kappa shape index (κ1) is 11.6. The molecule has 1 fully saturated rings. The molecule has 1 aliphatic rings. The molecule has 2 rings (SSSR count). The fraction of sp³-hybridized carbons (Fsp3) is 0.462. The summed E-state index contributed by atoms with van der Waals surface area (Å²) in [6.07, 6.45) is 1.91. The summed E-state index contributed by atoms with van der Waals surface area (Å²) in [7, 11) is 0. The summed E-state index contributed by atoms with van der Waals surface area (Å²) < 4.78 is 0. The van der Waals surface area contributed by atoms with E-state index in [1.54, 1.807) is 0 Å². The SMILES string of the molecule is CC1(C(=O)Cl)CCCN1Cc1ccccc1. The molecule has 86 valence electrons. The van der Waals surface area contributed by atoms with Gasteiger partial charge in [-0.2, -0.15) is 0 Å². The van der Waals surface area contributed by atoms with Gasteiger partial charge >= 0.3 is 0 Å². The molecule has 0 N–H and O–H groups in total. The van der Waals surface area contributed by atoms with Gasteiger partial charge in [-0.3, -0.25) is 9.69 Å². The monoisotopic (exact) mass is 237 g/mol. The summed E-state index contributed by atoms with van der Waals surface area (Å²) in [5.74, 6) is 0. The Morgan fingerprint density at radius 2 is 2.12 bits per heavy atom. The Balaban J connectivity index is 2.13. The fourth-order valence-corrected chi connectivity index (χ4v) is 2.51. The van der Waals surface area contributed by atoms with Gasteiger partial charge < -0.3 is 0 Å². The first-order valence-electron chi connectivity index (χ1n) is 5.62. The average molecular weight is 238 g/mol. The van der Waals surface area contributed by atoms with Crippen molar-refractivity contribution in [3.8, 4) is 0 Å². The van der Waals surface area contributed by atoms with Crippen molar-refractivity contribution in [1.29, 1.82) is 0 Å². The number of hydrogen-bond acceptors (Lipinski definition) is 2. The van der Waals surface area contributed by atoms with Crippen molar-refractivity contribution in [3.05, 3.63) is 35.9 Å². The van der Waals surface area contributed by atoms with E-state index in [-0.39, 0.29) is 5.24 Å².